The zero-order valence-electron chi connectivity index (χ0n) is 14.6. The molecule has 0 fully saturated rings. The Morgan fingerprint density at radius 3 is 2.35 bits per heavy atom. The number of benzene rings is 1. The van der Waals surface area contributed by atoms with Crippen LogP contribution in [0.4, 0.5) is 0 Å². The molecule has 23 heavy (non-hydrogen) atoms. The van der Waals surface area contributed by atoms with Crippen LogP contribution in [0, 0.1) is 5.92 Å². The first-order chi connectivity index (χ1) is 11.0. The predicted octanol–water partition coefficient (Wildman–Crippen LogP) is 3.59. The van der Waals surface area contributed by atoms with Crippen LogP contribution in [-0.4, -0.2) is 18.4 Å². The molecule has 0 bridgehead atoms. The molecule has 2 amide bonds. The van der Waals surface area contributed by atoms with E-state index in [-0.39, 0.29) is 17.7 Å². The van der Waals surface area contributed by atoms with E-state index >= 15 is 0 Å². The van der Waals surface area contributed by atoms with Gasteiger partial charge in [-0.1, -0.05) is 70.4 Å². The molecule has 2 N–H and O–H groups in total. The van der Waals surface area contributed by atoms with Crippen molar-refractivity contribution in [3.05, 3.63) is 35.9 Å². The van der Waals surface area contributed by atoms with E-state index in [1.165, 1.54) is 12.8 Å². The first-order valence-electron chi connectivity index (χ1n) is 8.66. The van der Waals surface area contributed by atoms with Crippen LogP contribution < -0.4 is 10.6 Å². The SMILES string of the molecule is CCCCCCNC(=O)C(NC(=O)CC(C)C)c1ccccc1. The highest BCUT2D eigenvalue weighted by molar-refractivity contribution is 5.88. The van der Waals surface area contributed by atoms with Crippen LogP contribution in [0.2, 0.25) is 0 Å². The van der Waals surface area contributed by atoms with E-state index in [1.54, 1.807) is 0 Å². The van der Waals surface area contributed by atoms with Crippen molar-refractivity contribution in [3.63, 3.8) is 0 Å². The topological polar surface area (TPSA) is 58.2 Å². The summed E-state index contributed by atoms with van der Waals surface area (Å²) in [6.07, 6.45) is 4.87. The zero-order valence-corrected chi connectivity index (χ0v) is 14.6. The minimum absolute atomic E-state index is 0.0880. The molecular formula is C19H30N2O2. The van der Waals surface area contributed by atoms with Gasteiger partial charge in [0.25, 0.3) is 0 Å². The van der Waals surface area contributed by atoms with Gasteiger partial charge in [0, 0.05) is 13.0 Å². The lowest BCUT2D eigenvalue weighted by atomic mass is 10.0. The van der Waals surface area contributed by atoms with E-state index in [4.69, 9.17) is 0 Å². The molecule has 0 heterocycles. The largest absolute Gasteiger partial charge is 0.354 e. The molecule has 4 heteroatoms. The Morgan fingerprint density at radius 1 is 1.04 bits per heavy atom. The van der Waals surface area contributed by atoms with Crippen molar-refractivity contribution < 1.29 is 9.59 Å². The summed E-state index contributed by atoms with van der Waals surface area (Å²) in [7, 11) is 0. The van der Waals surface area contributed by atoms with Crippen molar-refractivity contribution in [2.24, 2.45) is 5.92 Å². The van der Waals surface area contributed by atoms with E-state index < -0.39 is 6.04 Å². The van der Waals surface area contributed by atoms with E-state index in [2.05, 4.69) is 17.6 Å². The molecule has 0 aliphatic heterocycles. The number of rotatable bonds is 10. The van der Waals surface area contributed by atoms with E-state index in [0.717, 1.165) is 18.4 Å². The van der Waals surface area contributed by atoms with E-state index in [1.807, 2.05) is 44.2 Å². The zero-order chi connectivity index (χ0) is 17.1. The van der Waals surface area contributed by atoms with Gasteiger partial charge in [-0.05, 0) is 17.9 Å². The van der Waals surface area contributed by atoms with Crippen molar-refractivity contribution in [3.8, 4) is 0 Å². The van der Waals surface area contributed by atoms with Crippen LogP contribution in [-0.2, 0) is 9.59 Å². The fourth-order valence-corrected chi connectivity index (χ4v) is 2.40. The monoisotopic (exact) mass is 318 g/mol. The highest BCUT2D eigenvalue weighted by atomic mass is 16.2. The smallest absolute Gasteiger partial charge is 0.247 e. The third-order valence-corrected chi connectivity index (χ3v) is 3.62. The van der Waals surface area contributed by atoms with Crippen molar-refractivity contribution >= 4 is 11.8 Å². The quantitative estimate of drug-likeness (QED) is 0.648. The van der Waals surface area contributed by atoms with Crippen molar-refractivity contribution in [1.29, 1.82) is 0 Å². The lowest BCUT2D eigenvalue weighted by Crippen LogP contribution is -2.41. The Hall–Kier alpha value is -1.84. The third kappa shape index (κ3) is 7.82. The number of carbonyl (C=O) groups excluding carboxylic acids is 2. The molecule has 0 aromatic heterocycles. The van der Waals surface area contributed by atoms with Crippen LogP contribution in [0.15, 0.2) is 30.3 Å². The summed E-state index contributed by atoms with van der Waals surface area (Å²) in [4.78, 5) is 24.5. The molecule has 1 unspecified atom stereocenters. The number of hydrogen-bond acceptors (Lipinski definition) is 2. The molecule has 128 valence electrons. The molecule has 0 saturated heterocycles. The molecule has 0 radical (unpaired) electrons. The van der Waals surface area contributed by atoms with Gasteiger partial charge in [-0.3, -0.25) is 9.59 Å². The summed E-state index contributed by atoms with van der Waals surface area (Å²) in [5.41, 5.74) is 0.815. The van der Waals surface area contributed by atoms with Crippen LogP contribution in [0.3, 0.4) is 0 Å². The Labute approximate surface area is 140 Å². The molecule has 4 nitrogen and oxygen atoms in total. The molecule has 0 spiro atoms. The first kappa shape index (κ1) is 19.2. The summed E-state index contributed by atoms with van der Waals surface area (Å²) < 4.78 is 0. The normalized spacial score (nSPS) is 12.0. The second-order valence-corrected chi connectivity index (χ2v) is 6.36. The Morgan fingerprint density at radius 2 is 1.74 bits per heavy atom. The average molecular weight is 318 g/mol. The molecule has 1 atom stereocenters. The van der Waals surface area contributed by atoms with E-state index in [9.17, 15) is 9.59 Å². The fourth-order valence-electron chi connectivity index (χ4n) is 2.40. The van der Waals surface area contributed by atoms with Crippen LogP contribution in [0.1, 0.15) is 64.5 Å². The Bertz CT molecular complexity index is 472. The summed E-state index contributed by atoms with van der Waals surface area (Å²) in [5, 5.41) is 5.81. The summed E-state index contributed by atoms with van der Waals surface area (Å²) in [6, 6.07) is 8.79. The Balaban J connectivity index is 2.64. The number of carbonyl (C=O) groups is 2. The predicted molar refractivity (Wildman–Crippen MR) is 93.9 cm³/mol. The van der Waals surface area contributed by atoms with Gasteiger partial charge in [-0.15, -0.1) is 0 Å². The maximum absolute atomic E-state index is 12.5. The number of amides is 2. The lowest BCUT2D eigenvalue weighted by molar-refractivity contribution is -0.129. The second kappa shape index (κ2) is 10.8. The molecule has 0 aliphatic carbocycles. The maximum atomic E-state index is 12.5. The standard InChI is InChI=1S/C19H30N2O2/c1-4-5-6-10-13-20-19(23)18(16-11-8-7-9-12-16)21-17(22)14-15(2)3/h7-9,11-12,15,18H,4-6,10,13-14H2,1-3H3,(H,20,23)(H,21,22). The van der Waals surface area contributed by atoms with Crippen LogP contribution in [0.5, 0.6) is 0 Å². The van der Waals surface area contributed by atoms with E-state index in [0.29, 0.717) is 13.0 Å². The highest BCUT2D eigenvalue weighted by Gasteiger charge is 2.22. The van der Waals surface area contributed by atoms with Crippen molar-refractivity contribution in [2.75, 3.05) is 6.54 Å². The van der Waals surface area contributed by atoms with Gasteiger partial charge in [-0.2, -0.15) is 0 Å². The van der Waals surface area contributed by atoms with Gasteiger partial charge in [0.1, 0.15) is 6.04 Å². The number of hydrogen-bond donors (Lipinski definition) is 2. The van der Waals surface area contributed by atoms with Gasteiger partial charge in [-0.25, -0.2) is 0 Å². The van der Waals surface area contributed by atoms with Crippen molar-refractivity contribution in [1.82, 2.24) is 10.6 Å². The minimum Gasteiger partial charge on any atom is -0.354 e. The summed E-state index contributed by atoms with van der Waals surface area (Å²) >= 11 is 0. The van der Waals surface area contributed by atoms with Gasteiger partial charge < -0.3 is 10.6 Å². The minimum atomic E-state index is -0.617. The lowest BCUT2D eigenvalue weighted by Gasteiger charge is -2.19. The van der Waals surface area contributed by atoms with Gasteiger partial charge >= 0.3 is 0 Å². The molecule has 1 rings (SSSR count). The maximum Gasteiger partial charge on any atom is 0.247 e. The highest BCUT2D eigenvalue weighted by Crippen LogP contribution is 2.14. The second-order valence-electron chi connectivity index (χ2n) is 6.36. The molecule has 0 saturated carbocycles. The Kier molecular flexibility index (Phi) is 9.03. The van der Waals surface area contributed by atoms with Crippen molar-refractivity contribution in [2.45, 2.75) is 58.9 Å². The number of nitrogens with one attached hydrogen (secondary N) is 2. The van der Waals surface area contributed by atoms with Gasteiger partial charge in [0.05, 0.1) is 0 Å². The molecule has 1 aromatic carbocycles. The van der Waals surface area contributed by atoms with Crippen LogP contribution in [0.25, 0.3) is 0 Å². The first-order valence-corrected chi connectivity index (χ1v) is 8.66. The molecule has 0 aliphatic rings. The van der Waals surface area contributed by atoms with Gasteiger partial charge in [0.2, 0.25) is 11.8 Å². The molecular weight excluding hydrogens is 288 g/mol. The average Bonchev–Trinajstić information content (AvgIpc) is 2.52. The molecule has 1 aromatic rings. The fraction of sp³-hybridized carbons (Fsp3) is 0.579. The number of unbranched alkanes of at least 4 members (excludes halogenated alkanes) is 3. The summed E-state index contributed by atoms with van der Waals surface area (Å²) in [6.45, 7) is 6.80. The van der Waals surface area contributed by atoms with Crippen LogP contribution >= 0.6 is 0 Å². The third-order valence-electron chi connectivity index (χ3n) is 3.62. The summed E-state index contributed by atoms with van der Waals surface area (Å²) in [5.74, 6) is 0.0447. The van der Waals surface area contributed by atoms with Gasteiger partial charge in [0.15, 0.2) is 0 Å².